The zero-order valence-electron chi connectivity index (χ0n) is 16.3. The number of nitriles is 1. The number of carbonyl (C=O) groups excluding carboxylic acids is 2. The Hall–Kier alpha value is -2.65. The third-order valence-electron chi connectivity index (χ3n) is 6.01. The molecule has 0 radical (unpaired) electrons. The fourth-order valence-corrected chi connectivity index (χ4v) is 5.05. The number of anilines is 1. The van der Waals surface area contributed by atoms with Gasteiger partial charge in [0, 0.05) is 16.0 Å². The summed E-state index contributed by atoms with van der Waals surface area (Å²) < 4.78 is 0. The molecule has 1 aromatic heterocycles. The van der Waals surface area contributed by atoms with E-state index in [9.17, 15) is 20.0 Å². The molecule has 0 aliphatic heterocycles. The molecule has 0 bridgehead atoms. The van der Waals surface area contributed by atoms with Gasteiger partial charge in [-0.05, 0) is 42.2 Å². The van der Waals surface area contributed by atoms with Crippen molar-refractivity contribution in [2.24, 2.45) is 11.3 Å². The van der Waals surface area contributed by atoms with Crippen molar-refractivity contribution in [2.75, 3.05) is 5.32 Å². The standard InChI is InChI=1S/C22H24N2O3S/c1-4-22(2,3)13-9-10-14-17(12-23)20(28-18(14)11-13)24-19(25)15-7-5-6-8-16(15)21(26)27/h5-8,13H,4,9-11H2,1-3H3,(H,24,25)(H,26,27)/p-1/t13-/m1/s1. The summed E-state index contributed by atoms with van der Waals surface area (Å²) >= 11 is 1.44. The van der Waals surface area contributed by atoms with Crippen molar-refractivity contribution < 1.29 is 14.7 Å². The number of nitrogens with zero attached hydrogens (tertiary/aromatic N) is 1. The van der Waals surface area contributed by atoms with Crippen LogP contribution in [0.2, 0.25) is 0 Å². The van der Waals surface area contributed by atoms with Crippen LogP contribution in [-0.2, 0) is 12.8 Å². The average Bonchev–Trinajstić information content (AvgIpc) is 3.03. The zero-order valence-corrected chi connectivity index (χ0v) is 17.1. The Kier molecular flexibility index (Phi) is 5.57. The van der Waals surface area contributed by atoms with E-state index in [1.165, 1.54) is 23.5 Å². The second kappa shape index (κ2) is 7.76. The minimum Gasteiger partial charge on any atom is -0.545 e. The molecule has 0 unspecified atom stereocenters. The van der Waals surface area contributed by atoms with Crippen LogP contribution in [0, 0.1) is 22.7 Å². The summed E-state index contributed by atoms with van der Waals surface area (Å²) in [6.45, 7) is 6.76. The third-order valence-corrected chi connectivity index (χ3v) is 7.18. The van der Waals surface area contributed by atoms with Gasteiger partial charge in [-0.25, -0.2) is 0 Å². The van der Waals surface area contributed by atoms with E-state index in [-0.39, 0.29) is 16.5 Å². The molecule has 1 atom stereocenters. The molecule has 1 N–H and O–H groups in total. The van der Waals surface area contributed by atoms with Crippen LogP contribution in [0.15, 0.2) is 24.3 Å². The number of carboxylic acids is 1. The van der Waals surface area contributed by atoms with E-state index in [0.29, 0.717) is 16.5 Å². The lowest BCUT2D eigenvalue weighted by molar-refractivity contribution is -0.255. The van der Waals surface area contributed by atoms with Crippen molar-refractivity contribution in [2.45, 2.75) is 46.5 Å². The molecule has 146 valence electrons. The molecule has 1 amide bonds. The Labute approximate surface area is 169 Å². The Morgan fingerprint density at radius 3 is 2.61 bits per heavy atom. The number of aromatic carboxylic acids is 1. The molecule has 6 heteroatoms. The maximum atomic E-state index is 12.7. The molecule has 2 aromatic rings. The minimum atomic E-state index is -1.40. The molecule has 0 saturated heterocycles. The van der Waals surface area contributed by atoms with Gasteiger partial charge in [-0.2, -0.15) is 5.26 Å². The van der Waals surface area contributed by atoms with Gasteiger partial charge in [0.05, 0.1) is 11.5 Å². The highest BCUT2D eigenvalue weighted by atomic mass is 32.1. The molecule has 1 heterocycles. The van der Waals surface area contributed by atoms with Crippen molar-refractivity contribution in [1.29, 1.82) is 5.26 Å². The Bertz CT molecular complexity index is 969. The molecule has 0 fully saturated rings. The van der Waals surface area contributed by atoms with Gasteiger partial charge in [0.1, 0.15) is 11.1 Å². The topological polar surface area (TPSA) is 93.0 Å². The third kappa shape index (κ3) is 3.67. The van der Waals surface area contributed by atoms with Crippen LogP contribution in [0.5, 0.6) is 0 Å². The molecule has 0 spiro atoms. The molecular weight excluding hydrogens is 372 g/mol. The Balaban J connectivity index is 1.90. The van der Waals surface area contributed by atoms with Crippen molar-refractivity contribution in [3.05, 3.63) is 51.4 Å². The first-order valence-corrected chi connectivity index (χ1v) is 10.3. The number of thiophene rings is 1. The van der Waals surface area contributed by atoms with E-state index >= 15 is 0 Å². The van der Waals surface area contributed by atoms with Crippen LogP contribution < -0.4 is 10.4 Å². The second-order valence-corrected chi connectivity index (χ2v) is 8.99. The van der Waals surface area contributed by atoms with E-state index in [4.69, 9.17) is 0 Å². The largest absolute Gasteiger partial charge is 0.545 e. The fraction of sp³-hybridized carbons (Fsp3) is 0.409. The number of hydrogen-bond acceptors (Lipinski definition) is 5. The van der Waals surface area contributed by atoms with Crippen molar-refractivity contribution in [1.82, 2.24) is 0 Å². The number of nitrogens with one attached hydrogen (secondary N) is 1. The first kappa shape index (κ1) is 20.1. The minimum absolute atomic E-state index is 0.0303. The summed E-state index contributed by atoms with van der Waals surface area (Å²) in [6, 6.07) is 8.16. The molecule has 5 nitrogen and oxygen atoms in total. The Morgan fingerprint density at radius 1 is 1.32 bits per heavy atom. The smallest absolute Gasteiger partial charge is 0.256 e. The van der Waals surface area contributed by atoms with Crippen molar-refractivity contribution >= 4 is 28.2 Å². The lowest BCUT2D eigenvalue weighted by atomic mass is 9.69. The van der Waals surface area contributed by atoms with Gasteiger partial charge in [0.15, 0.2) is 0 Å². The number of carbonyl (C=O) groups is 2. The number of fused-ring (bicyclic) bond motifs is 1. The number of rotatable bonds is 5. The molecular formula is C22H23N2O3S-. The van der Waals surface area contributed by atoms with Gasteiger partial charge in [0.25, 0.3) is 5.91 Å². The van der Waals surface area contributed by atoms with Gasteiger partial charge in [-0.3, -0.25) is 4.79 Å². The van der Waals surface area contributed by atoms with E-state index in [0.717, 1.165) is 36.1 Å². The molecule has 1 aliphatic carbocycles. The van der Waals surface area contributed by atoms with Gasteiger partial charge in [0.2, 0.25) is 0 Å². The van der Waals surface area contributed by atoms with E-state index in [2.05, 4.69) is 32.2 Å². The fourth-order valence-electron chi connectivity index (χ4n) is 3.78. The van der Waals surface area contributed by atoms with Crippen molar-refractivity contribution in [3.8, 4) is 6.07 Å². The Morgan fingerprint density at radius 2 is 2.00 bits per heavy atom. The highest BCUT2D eigenvalue weighted by Gasteiger charge is 2.34. The predicted octanol–water partition coefficient (Wildman–Crippen LogP) is 3.78. The molecule has 0 saturated carbocycles. The van der Waals surface area contributed by atoms with E-state index < -0.39 is 11.9 Å². The lowest BCUT2D eigenvalue weighted by Crippen LogP contribution is -2.28. The van der Waals surface area contributed by atoms with Gasteiger partial charge >= 0.3 is 0 Å². The van der Waals surface area contributed by atoms with Crippen molar-refractivity contribution in [3.63, 3.8) is 0 Å². The molecule has 3 rings (SSSR count). The number of hydrogen-bond donors (Lipinski definition) is 1. The highest BCUT2D eigenvalue weighted by molar-refractivity contribution is 7.16. The molecule has 1 aromatic carbocycles. The first-order valence-electron chi connectivity index (χ1n) is 9.44. The van der Waals surface area contributed by atoms with E-state index in [1.807, 2.05) is 0 Å². The van der Waals surface area contributed by atoms with E-state index in [1.54, 1.807) is 12.1 Å². The molecule has 28 heavy (non-hydrogen) atoms. The maximum Gasteiger partial charge on any atom is 0.256 e. The number of amides is 1. The SMILES string of the molecule is CCC(C)(C)[C@@H]1CCc2c(sc(NC(=O)c3ccccc3C(=O)[O-])c2C#N)C1. The number of carboxylic acid groups (broad SMARTS) is 1. The average molecular weight is 396 g/mol. The monoisotopic (exact) mass is 395 g/mol. The normalized spacial score (nSPS) is 16.1. The predicted molar refractivity (Wildman–Crippen MR) is 107 cm³/mol. The van der Waals surface area contributed by atoms with Gasteiger partial charge in [-0.15, -0.1) is 11.3 Å². The summed E-state index contributed by atoms with van der Waals surface area (Å²) in [4.78, 5) is 25.1. The summed E-state index contributed by atoms with van der Waals surface area (Å²) in [5.74, 6) is -1.40. The van der Waals surface area contributed by atoms with Crippen LogP contribution in [0.25, 0.3) is 0 Å². The second-order valence-electron chi connectivity index (χ2n) is 7.89. The number of benzene rings is 1. The van der Waals surface area contributed by atoms with Crippen LogP contribution in [0.3, 0.4) is 0 Å². The van der Waals surface area contributed by atoms with Crippen LogP contribution in [-0.4, -0.2) is 11.9 Å². The zero-order chi connectivity index (χ0) is 20.5. The van der Waals surface area contributed by atoms with Crippen LogP contribution >= 0.6 is 11.3 Å². The highest BCUT2D eigenvalue weighted by Crippen LogP contribution is 2.45. The maximum absolute atomic E-state index is 12.7. The summed E-state index contributed by atoms with van der Waals surface area (Å²) in [5.41, 5.74) is 1.63. The van der Waals surface area contributed by atoms with Crippen LogP contribution in [0.4, 0.5) is 5.00 Å². The lowest BCUT2D eigenvalue weighted by Gasteiger charge is -2.36. The quantitative estimate of drug-likeness (QED) is 0.834. The van der Waals surface area contributed by atoms with Gasteiger partial charge < -0.3 is 15.2 Å². The summed E-state index contributed by atoms with van der Waals surface area (Å²) in [7, 11) is 0. The van der Waals surface area contributed by atoms with Gasteiger partial charge in [-0.1, -0.05) is 45.4 Å². The summed E-state index contributed by atoms with van der Waals surface area (Å²) in [6.07, 6.45) is 3.85. The molecule has 1 aliphatic rings. The van der Waals surface area contributed by atoms with Crippen LogP contribution in [0.1, 0.15) is 70.3 Å². The summed E-state index contributed by atoms with van der Waals surface area (Å²) in [5, 5.41) is 24.2. The first-order chi connectivity index (χ1) is 13.3.